The van der Waals surface area contributed by atoms with E-state index in [1.165, 1.54) is 5.56 Å². The van der Waals surface area contributed by atoms with Gasteiger partial charge in [0.05, 0.1) is 5.56 Å². The number of aromatic nitrogens is 2. The fraction of sp³-hybridized carbons (Fsp3) is 0.304. The van der Waals surface area contributed by atoms with E-state index in [1.807, 2.05) is 60.9 Å². The normalized spacial score (nSPS) is 11.0. The molecule has 0 saturated carbocycles. The first-order valence-electron chi connectivity index (χ1n) is 9.76. The molecule has 3 rings (SSSR count). The second kappa shape index (κ2) is 8.85. The summed E-state index contributed by atoms with van der Waals surface area (Å²) in [7, 11) is 0. The van der Waals surface area contributed by atoms with Crippen LogP contribution in [0.25, 0.3) is 5.82 Å². The minimum Gasteiger partial charge on any atom is -0.322 e. The number of carbonyl (C=O) groups is 1. The first-order valence-corrected chi connectivity index (χ1v) is 9.76. The lowest BCUT2D eigenvalue weighted by Gasteiger charge is -2.18. The van der Waals surface area contributed by atoms with E-state index in [4.69, 9.17) is 0 Å². The molecule has 0 bridgehead atoms. The van der Waals surface area contributed by atoms with E-state index in [-0.39, 0.29) is 5.91 Å². The Morgan fingerprint density at radius 1 is 1.07 bits per heavy atom. The summed E-state index contributed by atoms with van der Waals surface area (Å²) in [4.78, 5) is 19.7. The summed E-state index contributed by atoms with van der Waals surface area (Å²) >= 11 is 0. The van der Waals surface area contributed by atoms with Gasteiger partial charge in [0, 0.05) is 29.8 Å². The van der Waals surface area contributed by atoms with Crippen LogP contribution in [0.3, 0.4) is 0 Å². The zero-order chi connectivity index (χ0) is 20.1. The van der Waals surface area contributed by atoms with Crippen molar-refractivity contribution in [3.05, 3.63) is 77.2 Å². The van der Waals surface area contributed by atoms with Gasteiger partial charge in [-0.2, -0.15) is 0 Å². The van der Waals surface area contributed by atoms with Crippen LogP contribution in [0.4, 0.5) is 5.69 Å². The zero-order valence-electron chi connectivity index (χ0n) is 17.1. The predicted octanol–water partition coefficient (Wildman–Crippen LogP) is 4.58. The second-order valence-corrected chi connectivity index (χ2v) is 6.92. The van der Waals surface area contributed by atoms with Crippen molar-refractivity contribution < 1.29 is 4.79 Å². The molecule has 3 aromatic rings. The Morgan fingerprint density at radius 2 is 1.86 bits per heavy atom. The van der Waals surface area contributed by atoms with Gasteiger partial charge in [-0.3, -0.25) is 9.69 Å². The Balaban J connectivity index is 1.81. The van der Waals surface area contributed by atoms with Crippen molar-refractivity contribution in [2.24, 2.45) is 0 Å². The highest BCUT2D eigenvalue weighted by Gasteiger charge is 2.17. The Hall–Kier alpha value is -2.92. The molecule has 1 amide bonds. The number of amides is 1. The van der Waals surface area contributed by atoms with E-state index >= 15 is 0 Å². The molecule has 0 unspecified atom stereocenters. The Labute approximate surface area is 167 Å². The highest BCUT2D eigenvalue weighted by molar-refractivity contribution is 6.05. The predicted molar refractivity (Wildman–Crippen MR) is 114 cm³/mol. The van der Waals surface area contributed by atoms with Gasteiger partial charge in [0.1, 0.15) is 5.82 Å². The maximum absolute atomic E-state index is 12.9. The van der Waals surface area contributed by atoms with E-state index in [0.29, 0.717) is 5.56 Å². The van der Waals surface area contributed by atoms with Crippen molar-refractivity contribution >= 4 is 11.6 Å². The Morgan fingerprint density at radius 3 is 2.54 bits per heavy atom. The Bertz CT molecular complexity index is 942. The third-order valence-corrected chi connectivity index (χ3v) is 5.04. The van der Waals surface area contributed by atoms with E-state index in [1.54, 1.807) is 6.20 Å². The fourth-order valence-electron chi connectivity index (χ4n) is 3.48. The van der Waals surface area contributed by atoms with Crippen molar-refractivity contribution in [1.29, 1.82) is 0 Å². The third kappa shape index (κ3) is 4.31. The number of nitrogens with one attached hydrogen (secondary N) is 1. The van der Waals surface area contributed by atoms with E-state index < -0.39 is 0 Å². The average molecular weight is 377 g/mol. The van der Waals surface area contributed by atoms with Crippen LogP contribution in [0.2, 0.25) is 0 Å². The van der Waals surface area contributed by atoms with E-state index in [2.05, 4.69) is 35.1 Å². The summed E-state index contributed by atoms with van der Waals surface area (Å²) in [5, 5.41) is 3.05. The number of hydrogen-bond donors (Lipinski definition) is 1. The molecule has 28 heavy (non-hydrogen) atoms. The molecule has 5 heteroatoms. The molecular formula is C23H28N4O. The SMILES string of the molecule is CCN(CC)Cc1cccc(NC(=O)c2cc(C)n(-c3ccccn3)c2C)c1. The topological polar surface area (TPSA) is 50.2 Å². The van der Waals surface area contributed by atoms with Gasteiger partial charge in [0.2, 0.25) is 0 Å². The van der Waals surface area contributed by atoms with E-state index in [0.717, 1.165) is 42.5 Å². The summed E-state index contributed by atoms with van der Waals surface area (Å²) in [6, 6.07) is 15.8. The number of anilines is 1. The number of hydrogen-bond acceptors (Lipinski definition) is 3. The lowest BCUT2D eigenvalue weighted by Crippen LogP contribution is -2.22. The highest BCUT2D eigenvalue weighted by atomic mass is 16.1. The smallest absolute Gasteiger partial charge is 0.257 e. The molecule has 0 aliphatic heterocycles. The molecule has 1 N–H and O–H groups in total. The number of pyridine rings is 1. The molecule has 0 fully saturated rings. The number of aryl methyl sites for hydroxylation is 1. The fourth-order valence-corrected chi connectivity index (χ4v) is 3.48. The maximum Gasteiger partial charge on any atom is 0.257 e. The quantitative estimate of drug-likeness (QED) is 0.656. The zero-order valence-corrected chi connectivity index (χ0v) is 17.1. The van der Waals surface area contributed by atoms with Crippen LogP contribution in [-0.2, 0) is 6.54 Å². The number of nitrogens with zero attached hydrogens (tertiary/aromatic N) is 3. The third-order valence-electron chi connectivity index (χ3n) is 5.04. The molecular weight excluding hydrogens is 348 g/mol. The van der Waals surface area contributed by atoms with Crippen LogP contribution in [-0.4, -0.2) is 33.4 Å². The van der Waals surface area contributed by atoms with Gasteiger partial charge in [0.25, 0.3) is 5.91 Å². The summed E-state index contributed by atoms with van der Waals surface area (Å²) in [5.74, 6) is 0.716. The number of carbonyl (C=O) groups excluding carboxylic acids is 1. The first kappa shape index (κ1) is 19.8. The maximum atomic E-state index is 12.9. The van der Waals surface area contributed by atoms with Gasteiger partial charge in [0.15, 0.2) is 0 Å². The summed E-state index contributed by atoms with van der Waals surface area (Å²) in [6.07, 6.45) is 1.76. The van der Waals surface area contributed by atoms with Crippen molar-refractivity contribution in [2.75, 3.05) is 18.4 Å². The van der Waals surface area contributed by atoms with Gasteiger partial charge in [-0.05, 0) is 62.8 Å². The van der Waals surface area contributed by atoms with Crippen LogP contribution < -0.4 is 5.32 Å². The number of rotatable bonds is 7. The van der Waals surface area contributed by atoms with Gasteiger partial charge in [-0.15, -0.1) is 0 Å². The van der Waals surface area contributed by atoms with Crippen LogP contribution in [0.5, 0.6) is 0 Å². The summed E-state index contributed by atoms with van der Waals surface area (Å²) < 4.78 is 2.01. The molecule has 0 atom stereocenters. The molecule has 0 aliphatic carbocycles. The molecule has 0 radical (unpaired) electrons. The van der Waals surface area contributed by atoms with Gasteiger partial charge >= 0.3 is 0 Å². The highest BCUT2D eigenvalue weighted by Crippen LogP contribution is 2.21. The Kier molecular flexibility index (Phi) is 6.26. The van der Waals surface area contributed by atoms with Crippen molar-refractivity contribution in [3.8, 4) is 5.82 Å². The van der Waals surface area contributed by atoms with Gasteiger partial charge in [-0.1, -0.05) is 32.0 Å². The molecule has 5 nitrogen and oxygen atoms in total. The molecule has 2 heterocycles. The molecule has 0 aliphatic rings. The molecule has 0 spiro atoms. The second-order valence-electron chi connectivity index (χ2n) is 6.92. The summed E-state index contributed by atoms with van der Waals surface area (Å²) in [6.45, 7) is 11.2. The minimum atomic E-state index is -0.102. The summed E-state index contributed by atoms with van der Waals surface area (Å²) in [5.41, 5.74) is 4.54. The average Bonchev–Trinajstić information content (AvgIpc) is 3.01. The van der Waals surface area contributed by atoms with Crippen LogP contribution in [0, 0.1) is 13.8 Å². The lowest BCUT2D eigenvalue weighted by atomic mass is 10.1. The standard InChI is InChI=1S/C23H28N4O/c1-5-26(6-2)16-19-10-9-11-20(15-19)25-23(28)21-14-17(3)27(18(21)4)22-12-7-8-13-24-22/h7-15H,5-6,16H2,1-4H3,(H,25,28). The van der Waals surface area contributed by atoms with Crippen molar-refractivity contribution in [2.45, 2.75) is 34.2 Å². The number of benzene rings is 1. The van der Waals surface area contributed by atoms with Gasteiger partial charge in [-0.25, -0.2) is 4.98 Å². The van der Waals surface area contributed by atoms with Crippen LogP contribution >= 0.6 is 0 Å². The largest absolute Gasteiger partial charge is 0.322 e. The van der Waals surface area contributed by atoms with Crippen LogP contribution in [0.15, 0.2) is 54.7 Å². The molecule has 2 aromatic heterocycles. The van der Waals surface area contributed by atoms with Gasteiger partial charge < -0.3 is 9.88 Å². The first-order chi connectivity index (χ1) is 13.5. The van der Waals surface area contributed by atoms with Crippen LogP contribution in [0.1, 0.15) is 41.2 Å². The van der Waals surface area contributed by atoms with Crippen molar-refractivity contribution in [1.82, 2.24) is 14.5 Å². The minimum absolute atomic E-state index is 0.102. The lowest BCUT2D eigenvalue weighted by molar-refractivity contribution is 0.102. The monoisotopic (exact) mass is 376 g/mol. The van der Waals surface area contributed by atoms with E-state index in [9.17, 15) is 4.79 Å². The van der Waals surface area contributed by atoms with Crippen molar-refractivity contribution in [3.63, 3.8) is 0 Å². The molecule has 1 aromatic carbocycles. The molecule has 0 saturated heterocycles. The molecule has 146 valence electrons.